The Morgan fingerprint density at radius 3 is 2.66 bits per heavy atom. The van der Waals surface area contributed by atoms with E-state index in [1.807, 2.05) is 54.9 Å². The molecule has 0 radical (unpaired) electrons. The molecule has 6 heteroatoms. The third-order valence-corrected chi connectivity index (χ3v) is 5.80. The van der Waals surface area contributed by atoms with Gasteiger partial charge in [-0.25, -0.2) is 5.43 Å². The summed E-state index contributed by atoms with van der Waals surface area (Å²) in [6, 6.07) is 22.4. The smallest absolute Gasteiger partial charge is 0.0797 e. The van der Waals surface area contributed by atoms with Crippen molar-refractivity contribution in [1.29, 1.82) is 0 Å². The molecule has 0 spiro atoms. The zero-order chi connectivity index (χ0) is 21.9. The zero-order valence-electron chi connectivity index (χ0n) is 17.8. The van der Waals surface area contributed by atoms with E-state index in [1.54, 1.807) is 6.20 Å². The fraction of sp³-hybridized carbons (Fsp3) is 0.154. The molecule has 0 fully saturated rings. The van der Waals surface area contributed by atoms with Gasteiger partial charge in [0.15, 0.2) is 0 Å². The van der Waals surface area contributed by atoms with Crippen molar-refractivity contribution in [2.45, 2.75) is 19.0 Å². The first-order valence-electron chi connectivity index (χ1n) is 10.7. The summed E-state index contributed by atoms with van der Waals surface area (Å²) in [5, 5.41) is 13.4. The highest BCUT2D eigenvalue weighted by Gasteiger charge is 2.20. The molecule has 4 N–H and O–H groups in total. The van der Waals surface area contributed by atoms with Crippen molar-refractivity contribution in [3.8, 4) is 22.4 Å². The minimum Gasteiger partial charge on any atom is -0.394 e. The van der Waals surface area contributed by atoms with Gasteiger partial charge in [-0.3, -0.25) is 9.97 Å². The second-order valence-electron chi connectivity index (χ2n) is 7.95. The van der Waals surface area contributed by atoms with E-state index < -0.39 is 0 Å². The number of nitrogens with zero attached hydrogens (tertiary/aromatic N) is 2. The fourth-order valence-corrected chi connectivity index (χ4v) is 4.08. The van der Waals surface area contributed by atoms with Crippen LogP contribution < -0.4 is 16.2 Å². The highest BCUT2D eigenvalue weighted by Crippen LogP contribution is 2.37. The van der Waals surface area contributed by atoms with E-state index in [-0.39, 0.29) is 18.7 Å². The second kappa shape index (κ2) is 8.78. The van der Waals surface area contributed by atoms with E-state index in [0.717, 1.165) is 39.3 Å². The summed E-state index contributed by atoms with van der Waals surface area (Å²) in [4.78, 5) is 9.08. The molecule has 3 heterocycles. The maximum absolute atomic E-state index is 9.99. The molecule has 1 aliphatic rings. The number of benzene rings is 2. The Hall–Kier alpha value is -3.74. The van der Waals surface area contributed by atoms with E-state index in [4.69, 9.17) is 4.98 Å². The maximum atomic E-state index is 9.99. The second-order valence-corrected chi connectivity index (χ2v) is 7.95. The maximum Gasteiger partial charge on any atom is 0.0797 e. The van der Waals surface area contributed by atoms with E-state index in [0.29, 0.717) is 0 Å². The molecule has 0 saturated heterocycles. The van der Waals surface area contributed by atoms with Gasteiger partial charge in [-0.15, -0.1) is 0 Å². The topological polar surface area (TPSA) is 82.1 Å². The Morgan fingerprint density at radius 2 is 1.88 bits per heavy atom. The molecule has 0 saturated carbocycles. The van der Waals surface area contributed by atoms with Gasteiger partial charge in [0.1, 0.15) is 0 Å². The summed E-state index contributed by atoms with van der Waals surface area (Å²) in [5.41, 5.74) is 14.6. The minimum atomic E-state index is -0.219. The van der Waals surface area contributed by atoms with Crippen molar-refractivity contribution in [2.75, 3.05) is 17.3 Å². The fourth-order valence-electron chi connectivity index (χ4n) is 4.08. The lowest BCUT2D eigenvalue weighted by atomic mass is 9.96. The minimum absolute atomic E-state index is 0.0165. The van der Waals surface area contributed by atoms with Gasteiger partial charge in [-0.1, -0.05) is 36.4 Å². The van der Waals surface area contributed by atoms with Crippen LogP contribution in [0.25, 0.3) is 22.4 Å². The monoisotopic (exact) mass is 423 g/mol. The van der Waals surface area contributed by atoms with Gasteiger partial charge in [0.25, 0.3) is 0 Å². The van der Waals surface area contributed by atoms with Crippen LogP contribution in [-0.4, -0.2) is 21.7 Å². The molecular formula is C26H25N5O. The van der Waals surface area contributed by atoms with Crippen LogP contribution in [0.4, 0.5) is 11.4 Å². The molecule has 4 aromatic rings. The van der Waals surface area contributed by atoms with Crippen molar-refractivity contribution in [2.24, 2.45) is 0 Å². The van der Waals surface area contributed by atoms with Crippen LogP contribution in [0.3, 0.4) is 0 Å². The summed E-state index contributed by atoms with van der Waals surface area (Å²) in [6.07, 6.45) is 5.41. The molecule has 32 heavy (non-hydrogen) atoms. The first-order valence-corrected chi connectivity index (χ1v) is 10.7. The molecule has 5 rings (SSSR count). The quantitative estimate of drug-likeness (QED) is 0.351. The Kier molecular flexibility index (Phi) is 5.54. The Morgan fingerprint density at radius 1 is 1.00 bits per heavy atom. The molecule has 2 unspecified atom stereocenters. The molecule has 1 aliphatic heterocycles. The number of nitrogens with one attached hydrogen (secondary N) is 3. The molecule has 2 aromatic heterocycles. The van der Waals surface area contributed by atoms with Crippen LogP contribution in [0, 0.1) is 0 Å². The third-order valence-electron chi connectivity index (χ3n) is 5.80. The van der Waals surface area contributed by atoms with Crippen molar-refractivity contribution >= 4 is 11.4 Å². The number of aliphatic hydroxyl groups is 1. The van der Waals surface area contributed by atoms with Gasteiger partial charge in [-0.2, -0.15) is 0 Å². The van der Waals surface area contributed by atoms with E-state index in [2.05, 4.69) is 52.3 Å². The van der Waals surface area contributed by atoms with Gasteiger partial charge in [0.05, 0.1) is 42.0 Å². The molecule has 2 atom stereocenters. The van der Waals surface area contributed by atoms with E-state index in [1.165, 1.54) is 5.56 Å². The summed E-state index contributed by atoms with van der Waals surface area (Å²) >= 11 is 0. The molecular weight excluding hydrogens is 398 g/mol. The molecule has 0 amide bonds. The Balaban J connectivity index is 1.58. The first kappa shape index (κ1) is 20.2. The van der Waals surface area contributed by atoms with E-state index >= 15 is 0 Å². The number of aromatic nitrogens is 2. The highest BCUT2D eigenvalue weighted by atomic mass is 16.3. The highest BCUT2D eigenvalue weighted by molar-refractivity contribution is 5.84. The third kappa shape index (κ3) is 3.93. The standard InChI is InChI=1S/C26H25N5O/c1-17-22-12-19(9-10-24(22)31-30-17)23-13-21(15-28-26(23)20-8-5-11-27-14-20)29-25(16-32)18-6-3-2-4-7-18/h2-15,17,25,29-32H,16H2,1H3. The van der Waals surface area contributed by atoms with Gasteiger partial charge in [0.2, 0.25) is 0 Å². The normalized spacial score (nSPS) is 15.6. The number of pyridine rings is 2. The zero-order valence-corrected chi connectivity index (χ0v) is 17.8. The predicted molar refractivity (Wildman–Crippen MR) is 128 cm³/mol. The number of fused-ring (bicyclic) bond motifs is 1. The van der Waals surface area contributed by atoms with Crippen LogP contribution in [0.5, 0.6) is 0 Å². The van der Waals surface area contributed by atoms with Crippen molar-refractivity contribution < 1.29 is 5.11 Å². The van der Waals surface area contributed by atoms with Crippen LogP contribution in [-0.2, 0) is 0 Å². The lowest BCUT2D eigenvalue weighted by Gasteiger charge is -2.19. The first-order chi connectivity index (χ1) is 15.7. The Labute approximate surface area is 187 Å². The summed E-state index contributed by atoms with van der Waals surface area (Å²) in [5.74, 6) is 0. The average Bonchev–Trinajstić information content (AvgIpc) is 3.23. The van der Waals surface area contributed by atoms with Crippen molar-refractivity contribution in [1.82, 2.24) is 15.4 Å². The summed E-state index contributed by atoms with van der Waals surface area (Å²) in [6.45, 7) is 2.12. The predicted octanol–water partition coefficient (Wildman–Crippen LogP) is 4.95. The number of hydrogen-bond donors (Lipinski definition) is 4. The molecule has 160 valence electrons. The molecule has 0 bridgehead atoms. The van der Waals surface area contributed by atoms with Crippen LogP contribution >= 0.6 is 0 Å². The van der Waals surface area contributed by atoms with Gasteiger partial charge in [0, 0.05) is 23.5 Å². The lowest BCUT2D eigenvalue weighted by molar-refractivity contribution is 0.276. The number of rotatable bonds is 6. The van der Waals surface area contributed by atoms with Crippen LogP contribution in [0.1, 0.15) is 30.1 Å². The van der Waals surface area contributed by atoms with Gasteiger partial charge >= 0.3 is 0 Å². The largest absolute Gasteiger partial charge is 0.394 e. The lowest BCUT2D eigenvalue weighted by Crippen LogP contribution is -2.15. The van der Waals surface area contributed by atoms with Gasteiger partial charge in [-0.05, 0) is 53.9 Å². The Bertz CT molecular complexity index is 1210. The summed E-state index contributed by atoms with van der Waals surface area (Å²) in [7, 11) is 0. The average molecular weight is 424 g/mol. The van der Waals surface area contributed by atoms with Crippen LogP contribution in [0.2, 0.25) is 0 Å². The van der Waals surface area contributed by atoms with Crippen molar-refractivity contribution in [3.63, 3.8) is 0 Å². The van der Waals surface area contributed by atoms with Crippen LogP contribution in [0.15, 0.2) is 85.3 Å². The number of hydrogen-bond acceptors (Lipinski definition) is 6. The molecule has 2 aromatic carbocycles. The number of anilines is 2. The SMILES string of the molecule is CC1NNc2ccc(-c3cc(NC(CO)c4ccccc4)cnc3-c3cccnc3)cc21. The number of aliphatic hydroxyl groups excluding tert-OH is 1. The van der Waals surface area contributed by atoms with Gasteiger partial charge < -0.3 is 15.8 Å². The molecule has 0 aliphatic carbocycles. The number of hydrazine groups is 1. The molecule has 6 nitrogen and oxygen atoms in total. The van der Waals surface area contributed by atoms with E-state index in [9.17, 15) is 5.11 Å². The van der Waals surface area contributed by atoms with Crippen molar-refractivity contribution in [3.05, 3.63) is 96.4 Å². The summed E-state index contributed by atoms with van der Waals surface area (Å²) < 4.78 is 0.